The fourth-order valence-electron chi connectivity index (χ4n) is 3.36. The van der Waals surface area contributed by atoms with Crippen molar-refractivity contribution in [3.05, 3.63) is 98.7 Å². The summed E-state index contributed by atoms with van der Waals surface area (Å²) in [5.74, 6) is -4.64. The lowest BCUT2D eigenvalue weighted by molar-refractivity contribution is -0.175. The van der Waals surface area contributed by atoms with Crippen LogP contribution in [0, 0.1) is 0 Å². The third-order valence-electron chi connectivity index (χ3n) is 5.20. The molecule has 0 saturated carbocycles. The van der Waals surface area contributed by atoms with Crippen LogP contribution in [0.25, 0.3) is 0 Å². The van der Waals surface area contributed by atoms with Crippen LogP contribution in [0.1, 0.15) is 0 Å². The second kappa shape index (κ2) is 12.7. The molecule has 0 aromatic carbocycles. The Kier molecular flexibility index (Phi) is 9.21. The number of hydrazine groups is 3. The summed E-state index contributed by atoms with van der Waals surface area (Å²) in [7, 11) is 0. The summed E-state index contributed by atoms with van der Waals surface area (Å²) in [5, 5.41) is 30.3. The molecule has 0 aliphatic carbocycles. The Morgan fingerprint density at radius 2 is 1.12 bits per heavy atom. The third kappa shape index (κ3) is 7.01. The number of rotatable bonds is 10. The molecule has 16 nitrogen and oxygen atoms in total. The van der Waals surface area contributed by atoms with E-state index in [9.17, 15) is 44.1 Å². The summed E-state index contributed by atoms with van der Waals surface area (Å²) in [6.45, 7) is 1.30. The van der Waals surface area contributed by atoms with Crippen LogP contribution in [0.15, 0.2) is 82.0 Å². The van der Waals surface area contributed by atoms with Crippen molar-refractivity contribution < 1.29 is 29.7 Å². The molecule has 0 radical (unpaired) electrons. The van der Waals surface area contributed by atoms with E-state index < -0.39 is 71.3 Å². The van der Waals surface area contributed by atoms with E-state index in [0.717, 1.165) is 37.0 Å². The van der Waals surface area contributed by atoms with Gasteiger partial charge in [-0.2, -0.15) is 5.12 Å². The Hall–Kier alpha value is -5.64. The van der Waals surface area contributed by atoms with Crippen LogP contribution < -0.4 is 27.5 Å². The summed E-state index contributed by atoms with van der Waals surface area (Å²) >= 11 is 0. The van der Waals surface area contributed by atoms with Gasteiger partial charge in [-0.25, -0.2) is 5.43 Å². The molecule has 3 amide bonds. The second-order valence-electron chi connectivity index (χ2n) is 8.13. The average Bonchev–Trinajstić information content (AvgIpc) is 2.90. The number of aromatic hydroxyl groups is 3. The van der Waals surface area contributed by atoms with Crippen LogP contribution in [-0.4, -0.2) is 63.5 Å². The first kappa shape index (κ1) is 28.9. The maximum absolute atomic E-state index is 13.3. The third-order valence-corrected chi connectivity index (χ3v) is 5.20. The van der Waals surface area contributed by atoms with E-state index in [4.69, 9.17) is 0 Å². The van der Waals surface area contributed by atoms with Gasteiger partial charge in [0.15, 0.2) is 17.2 Å². The van der Waals surface area contributed by atoms with Gasteiger partial charge in [-0.05, 0) is 36.4 Å². The molecule has 16 heteroatoms. The van der Waals surface area contributed by atoms with Crippen molar-refractivity contribution in [2.45, 2.75) is 19.6 Å². The van der Waals surface area contributed by atoms with Crippen molar-refractivity contribution in [2.24, 2.45) is 0 Å². The SMILES string of the molecule is C=CCN(NC(=O)Cn1cccc(O)c1=O)N(NC(=O)Cn1cccc(O)c1=O)C(=O)Cn1cccc(O)c1=O. The quantitative estimate of drug-likeness (QED) is 0.137. The Morgan fingerprint density at radius 3 is 1.55 bits per heavy atom. The van der Waals surface area contributed by atoms with E-state index in [1.807, 2.05) is 0 Å². The van der Waals surface area contributed by atoms with Crippen LogP contribution in [0.2, 0.25) is 0 Å². The molecule has 40 heavy (non-hydrogen) atoms. The predicted octanol–water partition coefficient (Wildman–Crippen LogP) is -2.02. The summed E-state index contributed by atoms with van der Waals surface area (Å²) in [5.41, 5.74) is 1.90. The van der Waals surface area contributed by atoms with E-state index in [2.05, 4.69) is 17.4 Å². The molecule has 0 aliphatic rings. The lowest BCUT2D eigenvalue weighted by atomic mass is 10.4. The van der Waals surface area contributed by atoms with Crippen molar-refractivity contribution in [1.82, 2.24) is 34.8 Å². The molecule has 0 fully saturated rings. The highest BCUT2D eigenvalue weighted by Gasteiger charge is 2.26. The number of carbonyl (C=O) groups excluding carboxylic acids is 3. The van der Waals surface area contributed by atoms with Gasteiger partial charge in [0.05, 0.1) is 6.54 Å². The zero-order valence-electron chi connectivity index (χ0n) is 20.8. The largest absolute Gasteiger partial charge is 0.503 e. The molecule has 3 aromatic rings. The minimum atomic E-state index is -0.985. The van der Waals surface area contributed by atoms with Crippen molar-refractivity contribution >= 4 is 17.7 Å². The standard InChI is InChI=1S/C24H25N7O9/c1-2-9-30(25-19(35)13-27-10-3-6-16(32)22(27)38)31(21(37)15-29-12-5-8-18(34)24(29)40)26-20(36)14-28-11-4-7-17(33)23(28)39/h2-8,10-12,32-34H,1,9,13-15H2,(H,25,35)(H,26,36). The Balaban J connectivity index is 1.90. The lowest BCUT2D eigenvalue weighted by Crippen LogP contribution is -2.63. The molecule has 0 saturated heterocycles. The number of hydrogen-bond acceptors (Lipinski definition) is 10. The van der Waals surface area contributed by atoms with Gasteiger partial charge in [-0.3, -0.25) is 34.2 Å². The zero-order valence-corrected chi connectivity index (χ0v) is 20.8. The normalized spacial score (nSPS) is 10.6. The predicted molar refractivity (Wildman–Crippen MR) is 137 cm³/mol. The number of hydrogen-bond donors (Lipinski definition) is 5. The first-order valence-corrected chi connectivity index (χ1v) is 11.5. The molecule has 0 unspecified atom stereocenters. The lowest BCUT2D eigenvalue weighted by Gasteiger charge is -2.34. The number of nitrogens with zero attached hydrogens (tertiary/aromatic N) is 5. The van der Waals surface area contributed by atoms with E-state index in [1.54, 1.807) is 0 Å². The molecule has 5 N–H and O–H groups in total. The van der Waals surface area contributed by atoms with Crippen LogP contribution in [0.5, 0.6) is 17.2 Å². The minimum absolute atomic E-state index is 0.284. The molecule has 0 bridgehead atoms. The molecule has 3 rings (SSSR count). The first-order chi connectivity index (χ1) is 19.0. The van der Waals surface area contributed by atoms with Crippen LogP contribution >= 0.6 is 0 Å². The van der Waals surface area contributed by atoms with Crippen LogP contribution in [0.4, 0.5) is 0 Å². The fraction of sp³-hybridized carbons (Fsp3) is 0.167. The average molecular weight is 556 g/mol. The fourth-order valence-corrected chi connectivity index (χ4v) is 3.36. The molecule has 3 heterocycles. The number of aromatic nitrogens is 3. The first-order valence-electron chi connectivity index (χ1n) is 11.5. The summed E-state index contributed by atoms with van der Waals surface area (Å²) in [6.07, 6.45) is 4.92. The van der Waals surface area contributed by atoms with Crippen molar-refractivity contribution in [2.75, 3.05) is 6.54 Å². The topological polar surface area (TPSA) is 208 Å². The molecular formula is C24H25N7O9. The second-order valence-corrected chi connectivity index (χ2v) is 8.13. The zero-order chi connectivity index (χ0) is 29.4. The molecule has 3 aromatic heterocycles. The maximum Gasteiger partial charge on any atom is 0.293 e. The number of carbonyl (C=O) groups is 3. The van der Waals surface area contributed by atoms with Gasteiger partial charge >= 0.3 is 0 Å². The van der Waals surface area contributed by atoms with Gasteiger partial charge in [-0.1, -0.05) is 6.08 Å². The number of pyridine rings is 3. The molecule has 0 spiro atoms. The van der Waals surface area contributed by atoms with Gasteiger partial charge in [0, 0.05) is 18.6 Å². The van der Waals surface area contributed by atoms with Gasteiger partial charge < -0.3 is 29.0 Å². The highest BCUT2D eigenvalue weighted by atomic mass is 16.3. The van der Waals surface area contributed by atoms with Crippen LogP contribution in [-0.2, 0) is 34.0 Å². The Labute approximate surface area is 224 Å². The van der Waals surface area contributed by atoms with Crippen LogP contribution in [0.3, 0.4) is 0 Å². The molecule has 0 atom stereocenters. The van der Waals surface area contributed by atoms with Crippen molar-refractivity contribution in [3.63, 3.8) is 0 Å². The molecule has 210 valence electrons. The summed E-state index contributed by atoms with van der Waals surface area (Å²) < 4.78 is 2.59. The number of amides is 3. The summed E-state index contributed by atoms with van der Waals surface area (Å²) in [4.78, 5) is 75.3. The smallest absolute Gasteiger partial charge is 0.293 e. The number of nitrogens with one attached hydrogen (secondary N) is 2. The Bertz CT molecular complexity index is 1610. The van der Waals surface area contributed by atoms with Crippen molar-refractivity contribution in [3.8, 4) is 17.2 Å². The van der Waals surface area contributed by atoms with E-state index >= 15 is 0 Å². The molecule has 0 aliphatic heterocycles. The van der Waals surface area contributed by atoms with E-state index in [0.29, 0.717) is 5.12 Å². The highest BCUT2D eigenvalue weighted by Crippen LogP contribution is 2.03. The van der Waals surface area contributed by atoms with Gasteiger partial charge in [0.2, 0.25) is 0 Å². The van der Waals surface area contributed by atoms with E-state index in [-0.39, 0.29) is 6.54 Å². The van der Waals surface area contributed by atoms with Gasteiger partial charge in [-0.15, -0.1) is 11.7 Å². The van der Waals surface area contributed by atoms with Gasteiger partial charge in [0.1, 0.15) is 19.6 Å². The van der Waals surface area contributed by atoms with Crippen molar-refractivity contribution in [1.29, 1.82) is 0 Å². The maximum atomic E-state index is 13.3. The van der Waals surface area contributed by atoms with Gasteiger partial charge in [0.25, 0.3) is 34.4 Å². The highest BCUT2D eigenvalue weighted by molar-refractivity contribution is 5.82. The molecular weight excluding hydrogens is 530 g/mol. The minimum Gasteiger partial charge on any atom is -0.503 e. The summed E-state index contributed by atoms with van der Waals surface area (Å²) in [6, 6.07) is 7.32. The monoisotopic (exact) mass is 555 g/mol. The van der Waals surface area contributed by atoms with E-state index in [1.165, 1.54) is 42.9 Å². The Morgan fingerprint density at radius 1 is 0.725 bits per heavy atom.